The van der Waals surface area contributed by atoms with E-state index >= 15 is 0 Å². The van der Waals surface area contributed by atoms with Crippen LogP contribution in [0.15, 0.2) is 22.8 Å². The molecule has 6 heteroatoms. The lowest BCUT2D eigenvalue weighted by atomic mass is 10.2. The second-order valence-corrected chi connectivity index (χ2v) is 6.04. The molecule has 0 saturated carbocycles. The predicted molar refractivity (Wildman–Crippen MR) is 80.7 cm³/mol. The molecular weight excluding hydrogens is 278 g/mol. The van der Waals surface area contributed by atoms with Gasteiger partial charge in [0.05, 0.1) is 16.0 Å². The minimum atomic E-state index is 0.0735. The van der Waals surface area contributed by atoms with Gasteiger partial charge in [0.25, 0.3) is 0 Å². The van der Waals surface area contributed by atoms with Gasteiger partial charge < -0.3 is 5.32 Å². The average Bonchev–Trinajstić information content (AvgIpc) is 2.90. The fourth-order valence-corrected chi connectivity index (χ4v) is 3.43. The number of fused-ring (bicyclic) bond motifs is 1. The summed E-state index contributed by atoms with van der Waals surface area (Å²) in [5.74, 6) is 0.486. The van der Waals surface area contributed by atoms with Crippen LogP contribution in [0.4, 0.5) is 0 Å². The quantitative estimate of drug-likeness (QED) is 0.484. The maximum absolute atomic E-state index is 11.7. The number of nitrogens with one attached hydrogen (secondary N) is 1. The average molecular weight is 295 g/mol. The molecule has 0 aromatic carbocycles. The third-order valence-corrected chi connectivity index (χ3v) is 4.68. The monoisotopic (exact) mass is 295 g/mol. The van der Waals surface area contributed by atoms with Gasteiger partial charge in [-0.05, 0) is 17.9 Å². The highest BCUT2D eigenvalue weighted by atomic mass is 32.2. The van der Waals surface area contributed by atoms with E-state index in [1.165, 1.54) is 18.2 Å². The Balaban J connectivity index is 1.82. The van der Waals surface area contributed by atoms with Gasteiger partial charge in [-0.25, -0.2) is 9.97 Å². The van der Waals surface area contributed by atoms with Crippen LogP contribution in [0.3, 0.4) is 0 Å². The number of hydrogen-bond acceptors (Lipinski definition) is 5. The number of aromatic nitrogens is 2. The number of unbranched alkanes of at least 4 members (excludes halogenated alkanes) is 2. The van der Waals surface area contributed by atoms with Crippen molar-refractivity contribution in [2.24, 2.45) is 0 Å². The summed E-state index contributed by atoms with van der Waals surface area (Å²) in [6.07, 6.45) is 4.93. The molecule has 0 atom stereocenters. The van der Waals surface area contributed by atoms with Gasteiger partial charge in [0.15, 0.2) is 0 Å². The van der Waals surface area contributed by atoms with Crippen molar-refractivity contribution in [3.8, 4) is 0 Å². The zero-order valence-corrected chi connectivity index (χ0v) is 12.5. The molecule has 0 bridgehead atoms. The zero-order valence-electron chi connectivity index (χ0n) is 10.9. The largest absolute Gasteiger partial charge is 0.355 e. The highest BCUT2D eigenvalue weighted by Gasteiger charge is 2.08. The van der Waals surface area contributed by atoms with Crippen LogP contribution in [0.25, 0.3) is 10.2 Å². The molecule has 2 heterocycles. The second-order valence-electron chi connectivity index (χ2n) is 4.16. The van der Waals surface area contributed by atoms with E-state index in [1.54, 1.807) is 17.7 Å². The summed E-state index contributed by atoms with van der Waals surface area (Å²) in [5.41, 5.74) is 0.950. The van der Waals surface area contributed by atoms with E-state index in [4.69, 9.17) is 0 Å². The van der Waals surface area contributed by atoms with Crippen molar-refractivity contribution in [2.75, 3.05) is 12.3 Å². The van der Waals surface area contributed by atoms with Crippen molar-refractivity contribution in [1.82, 2.24) is 15.3 Å². The van der Waals surface area contributed by atoms with Gasteiger partial charge in [-0.15, -0.1) is 11.3 Å². The Bertz CT molecular complexity index is 541. The first kappa shape index (κ1) is 14.3. The molecule has 2 aromatic rings. The lowest BCUT2D eigenvalue weighted by Gasteiger charge is -2.04. The Labute approximate surface area is 121 Å². The molecule has 0 radical (unpaired) electrons. The van der Waals surface area contributed by atoms with E-state index in [9.17, 15) is 4.79 Å². The maximum Gasteiger partial charge on any atom is 0.230 e. The number of rotatable bonds is 7. The molecule has 0 aliphatic rings. The molecule has 1 amide bonds. The molecule has 0 aliphatic carbocycles. The lowest BCUT2D eigenvalue weighted by molar-refractivity contribution is -0.118. The minimum Gasteiger partial charge on any atom is -0.355 e. The summed E-state index contributed by atoms with van der Waals surface area (Å²) in [5, 5.41) is 5.82. The highest BCUT2D eigenvalue weighted by molar-refractivity contribution is 8.00. The van der Waals surface area contributed by atoms with E-state index in [1.807, 2.05) is 11.4 Å². The van der Waals surface area contributed by atoms with Crippen molar-refractivity contribution < 1.29 is 4.79 Å². The first-order valence-electron chi connectivity index (χ1n) is 6.39. The van der Waals surface area contributed by atoms with Crippen LogP contribution in [0.2, 0.25) is 0 Å². The summed E-state index contributed by atoms with van der Waals surface area (Å²) in [6.45, 7) is 2.92. The predicted octanol–water partition coefficient (Wildman–Crippen LogP) is 3.09. The standard InChI is InChI=1S/C13H17N3OS2/c1-2-3-4-6-14-11(17)8-19-13-12-10(5-7-18-12)15-9-16-13/h5,7,9H,2-4,6,8H2,1H3,(H,14,17). The van der Waals surface area contributed by atoms with E-state index in [0.717, 1.165) is 34.6 Å². The summed E-state index contributed by atoms with van der Waals surface area (Å²) < 4.78 is 1.06. The van der Waals surface area contributed by atoms with Crippen LogP contribution in [0.1, 0.15) is 26.2 Å². The van der Waals surface area contributed by atoms with Crippen LogP contribution in [-0.4, -0.2) is 28.2 Å². The second kappa shape index (κ2) is 7.45. The molecule has 0 fully saturated rings. The molecule has 2 aromatic heterocycles. The normalized spacial score (nSPS) is 10.8. The van der Waals surface area contributed by atoms with Gasteiger partial charge in [-0.2, -0.15) is 0 Å². The van der Waals surface area contributed by atoms with Gasteiger partial charge in [0.1, 0.15) is 11.4 Å². The lowest BCUT2D eigenvalue weighted by Crippen LogP contribution is -2.26. The molecule has 0 unspecified atom stereocenters. The molecule has 0 aliphatic heterocycles. The Morgan fingerprint density at radius 1 is 1.42 bits per heavy atom. The number of hydrogen-bond donors (Lipinski definition) is 1. The molecule has 4 nitrogen and oxygen atoms in total. The molecular formula is C13H17N3OS2. The Hall–Kier alpha value is -1.14. The molecule has 0 spiro atoms. The van der Waals surface area contributed by atoms with E-state index in [2.05, 4.69) is 22.2 Å². The van der Waals surface area contributed by atoms with Crippen molar-refractivity contribution in [1.29, 1.82) is 0 Å². The topological polar surface area (TPSA) is 54.9 Å². The summed E-state index contributed by atoms with van der Waals surface area (Å²) >= 11 is 3.09. The zero-order chi connectivity index (χ0) is 13.5. The molecule has 0 saturated heterocycles. The highest BCUT2D eigenvalue weighted by Crippen LogP contribution is 2.28. The molecule has 1 N–H and O–H groups in total. The van der Waals surface area contributed by atoms with Crippen LogP contribution >= 0.6 is 23.1 Å². The van der Waals surface area contributed by atoms with Crippen LogP contribution < -0.4 is 5.32 Å². The van der Waals surface area contributed by atoms with Crippen LogP contribution in [0, 0.1) is 0 Å². The fourth-order valence-electron chi connectivity index (χ4n) is 1.66. The number of carbonyl (C=O) groups excluding carboxylic acids is 1. The Kier molecular flexibility index (Phi) is 5.60. The number of nitrogens with zero attached hydrogens (tertiary/aromatic N) is 2. The van der Waals surface area contributed by atoms with Crippen molar-refractivity contribution in [3.05, 3.63) is 17.8 Å². The minimum absolute atomic E-state index is 0.0735. The van der Waals surface area contributed by atoms with Crippen LogP contribution in [0.5, 0.6) is 0 Å². The number of thioether (sulfide) groups is 1. The summed E-state index contributed by atoms with van der Waals surface area (Å²) in [4.78, 5) is 20.1. The number of thiophene rings is 1. The summed E-state index contributed by atoms with van der Waals surface area (Å²) in [7, 11) is 0. The van der Waals surface area contributed by atoms with Crippen LogP contribution in [-0.2, 0) is 4.79 Å². The third kappa shape index (κ3) is 4.18. The van der Waals surface area contributed by atoms with Gasteiger partial charge >= 0.3 is 0 Å². The molecule has 102 valence electrons. The number of carbonyl (C=O) groups is 1. The van der Waals surface area contributed by atoms with Crippen molar-refractivity contribution in [2.45, 2.75) is 31.2 Å². The van der Waals surface area contributed by atoms with Gasteiger partial charge in [-0.3, -0.25) is 4.79 Å². The van der Waals surface area contributed by atoms with E-state index in [0.29, 0.717) is 5.75 Å². The number of amides is 1. The smallest absolute Gasteiger partial charge is 0.230 e. The summed E-state index contributed by atoms with van der Waals surface area (Å²) in [6, 6.07) is 1.97. The van der Waals surface area contributed by atoms with Gasteiger partial charge in [0.2, 0.25) is 5.91 Å². The van der Waals surface area contributed by atoms with Gasteiger partial charge in [-0.1, -0.05) is 31.5 Å². The van der Waals surface area contributed by atoms with E-state index in [-0.39, 0.29) is 5.91 Å². The molecule has 2 rings (SSSR count). The Morgan fingerprint density at radius 2 is 2.32 bits per heavy atom. The first-order valence-corrected chi connectivity index (χ1v) is 8.25. The first-order chi connectivity index (χ1) is 9.31. The van der Waals surface area contributed by atoms with E-state index < -0.39 is 0 Å². The van der Waals surface area contributed by atoms with Crippen molar-refractivity contribution >= 4 is 39.2 Å². The fraction of sp³-hybridized carbons (Fsp3) is 0.462. The molecule has 19 heavy (non-hydrogen) atoms. The van der Waals surface area contributed by atoms with Crippen molar-refractivity contribution in [3.63, 3.8) is 0 Å². The Morgan fingerprint density at radius 3 is 3.16 bits per heavy atom. The SMILES string of the molecule is CCCCCNC(=O)CSc1ncnc2ccsc12. The third-order valence-electron chi connectivity index (χ3n) is 2.65. The van der Waals surface area contributed by atoms with Gasteiger partial charge in [0, 0.05) is 6.54 Å². The maximum atomic E-state index is 11.7.